The predicted molar refractivity (Wildman–Crippen MR) is 124 cm³/mol. The minimum atomic E-state index is -0.352. The van der Waals surface area contributed by atoms with Gasteiger partial charge in [0.05, 0.1) is 5.69 Å². The Labute approximate surface area is 183 Å². The molecular weight excluding hydrogens is 452 g/mol. The second-order valence-electron chi connectivity index (χ2n) is 7.32. The van der Waals surface area contributed by atoms with E-state index in [9.17, 15) is 4.79 Å². The summed E-state index contributed by atoms with van der Waals surface area (Å²) < 4.78 is 6.46. The Kier molecular flexibility index (Phi) is 6.38. The predicted octanol–water partition coefficient (Wildman–Crippen LogP) is 5.76. The Morgan fingerprint density at radius 2 is 1.93 bits per heavy atom. The zero-order chi connectivity index (χ0) is 20.2. The van der Waals surface area contributed by atoms with Crippen LogP contribution in [0, 0.1) is 0 Å². The third-order valence-corrected chi connectivity index (χ3v) is 5.86. The standard InChI is InChI=1S/C23H22BrClN2O2/c24-17(12-16-4-2-1-3-5-16)15-27-10-8-19(9-11-27)26-21-14-23(28)29-22-7-6-18(25)13-20(21)22/h1-7,12-14,19,26H,8-11,15H2/b17-12-. The van der Waals surface area contributed by atoms with Crippen molar-refractivity contribution in [1.29, 1.82) is 0 Å². The van der Waals surface area contributed by atoms with E-state index in [0.717, 1.165) is 43.5 Å². The Morgan fingerprint density at radius 1 is 1.17 bits per heavy atom. The highest BCUT2D eigenvalue weighted by atomic mass is 79.9. The molecule has 0 saturated carbocycles. The van der Waals surface area contributed by atoms with Crippen LogP contribution in [0.4, 0.5) is 5.69 Å². The summed E-state index contributed by atoms with van der Waals surface area (Å²) in [6.07, 6.45) is 4.19. The number of halogens is 2. The fraction of sp³-hybridized carbons (Fsp3) is 0.261. The van der Waals surface area contributed by atoms with Gasteiger partial charge in [0, 0.05) is 46.6 Å². The summed E-state index contributed by atoms with van der Waals surface area (Å²) in [5.41, 5.74) is 2.19. The van der Waals surface area contributed by atoms with Crippen LogP contribution in [0.15, 0.2) is 68.3 Å². The molecule has 1 N–H and O–H groups in total. The Balaban J connectivity index is 1.38. The third kappa shape index (κ3) is 5.30. The van der Waals surface area contributed by atoms with E-state index in [2.05, 4.69) is 44.4 Å². The molecule has 150 valence electrons. The number of nitrogens with zero attached hydrogens (tertiary/aromatic N) is 1. The number of nitrogens with one attached hydrogen (secondary N) is 1. The molecule has 1 fully saturated rings. The van der Waals surface area contributed by atoms with Gasteiger partial charge in [-0.05, 0) is 42.7 Å². The quantitative estimate of drug-likeness (QED) is 0.479. The summed E-state index contributed by atoms with van der Waals surface area (Å²) in [5, 5.41) is 5.00. The van der Waals surface area contributed by atoms with Gasteiger partial charge in [-0.15, -0.1) is 0 Å². The van der Waals surface area contributed by atoms with Crippen molar-refractivity contribution in [3.05, 3.63) is 80.1 Å². The van der Waals surface area contributed by atoms with Crippen LogP contribution in [0.25, 0.3) is 17.0 Å². The zero-order valence-electron chi connectivity index (χ0n) is 15.9. The van der Waals surface area contributed by atoms with Crippen molar-refractivity contribution in [3.8, 4) is 0 Å². The van der Waals surface area contributed by atoms with Crippen molar-refractivity contribution in [2.24, 2.45) is 0 Å². The van der Waals surface area contributed by atoms with Gasteiger partial charge in [0.1, 0.15) is 5.58 Å². The van der Waals surface area contributed by atoms with Gasteiger partial charge in [-0.1, -0.05) is 57.9 Å². The van der Waals surface area contributed by atoms with E-state index in [-0.39, 0.29) is 5.63 Å². The van der Waals surface area contributed by atoms with Crippen molar-refractivity contribution < 1.29 is 4.42 Å². The van der Waals surface area contributed by atoms with E-state index < -0.39 is 0 Å². The summed E-state index contributed by atoms with van der Waals surface area (Å²) in [7, 11) is 0. The first-order valence-corrected chi connectivity index (χ1v) is 10.9. The number of hydrogen-bond acceptors (Lipinski definition) is 4. The molecule has 3 aromatic rings. The lowest BCUT2D eigenvalue weighted by atomic mass is 10.0. The molecule has 0 atom stereocenters. The smallest absolute Gasteiger partial charge is 0.338 e. The van der Waals surface area contributed by atoms with Crippen LogP contribution in [0.5, 0.6) is 0 Å². The lowest BCUT2D eigenvalue weighted by molar-refractivity contribution is 0.239. The number of benzene rings is 2. The molecule has 4 nitrogen and oxygen atoms in total. The summed E-state index contributed by atoms with van der Waals surface area (Å²) in [6, 6.07) is 17.5. The van der Waals surface area contributed by atoms with E-state index in [0.29, 0.717) is 16.6 Å². The van der Waals surface area contributed by atoms with Gasteiger partial charge in [0.15, 0.2) is 0 Å². The van der Waals surface area contributed by atoms with E-state index in [1.807, 2.05) is 24.3 Å². The SMILES string of the molecule is O=c1cc(NC2CCN(C/C(Br)=C/c3ccccc3)CC2)c2cc(Cl)ccc2o1. The van der Waals surface area contributed by atoms with Gasteiger partial charge in [0.2, 0.25) is 0 Å². The van der Waals surface area contributed by atoms with Crippen LogP contribution in [0.1, 0.15) is 18.4 Å². The van der Waals surface area contributed by atoms with Gasteiger partial charge >= 0.3 is 5.63 Å². The molecule has 29 heavy (non-hydrogen) atoms. The monoisotopic (exact) mass is 472 g/mol. The molecule has 1 aliphatic rings. The lowest BCUT2D eigenvalue weighted by Gasteiger charge is -2.33. The molecule has 0 radical (unpaired) electrons. The average molecular weight is 474 g/mol. The highest BCUT2D eigenvalue weighted by molar-refractivity contribution is 9.11. The third-order valence-electron chi connectivity index (χ3n) is 5.15. The molecule has 0 spiro atoms. The largest absolute Gasteiger partial charge is 0.423 e. The van der Waals surface area contributed by atoms with Gasteiger partial charge in [0.25, 0.3) is 0 Å². The highest BCUT2D eigenvalue weighted by Crippen LogP contribution is 2.27. The van der Waals surface area contributed by atoms with Gasteiger partial charge in [-0.25, -0.2) is 4.79 Å². The fourth-order valence-electron chi connectivity index (χ4n) is 3.70. The van der Waals surface area contributed by atoms with Crippen molar-refractivity contribution in [2.45, 2.75) is 18.9 Å². The minimum absolute atomic E-state index is 0.312. The zero-order valence-corrected chi connectivity index (χ0v) is 18.2. The lowest BCUT2D eigenvalue weighted by Crippen LogP contribution is -2.39. The molecule has 0 unspecified atom stereocenters. The van der Waals surface area contributed by atoms with E-state index >= 15 is 0 Å². The number of anilines is 1. The second kappa shape index (κ2) is 9.16. The summed E-state index contributed by atoms with van der Waals surface area (Å²) in [6.45, 7) is 2.89. The Bertz CT molecular complexity index is 1070. The van der Waals surface area contributed by atoms with Gasteiger partial charge in [-0.2, -0.15) is 0 Å². The summed E-state index contributed by atoms with van der Waals surface area (Å²) >= 11 is 9.84. The van der Waals surface area contributed by atoms with Crippen LogP contribution >= 0.6 is 27.5 Å². The van der Waals surface area contributed by atoms with Crippen LogP contribution < -0.4 is 10.9 Å². The maximum Gasteiger partial charge on any atom is 0.338 e. The fourth-order valence-corrected chi connectivity index (χ4v) is 4.49. The van der Waals surface area contributed by atoms with Crippen LogP contribution in [0.2, 0.25) is 5.02 Å². The molecule has 1 aliphatic heterocycles. The topological polar surface area (TPSA) is 45.5 Å². The second-order valence-corrected chi connectivity index (χ2v) is 8.77. The highest BCUT2D eigenvalue weighted by Gasteiger charge is 2.20. The first-order chi connectivity index (χ1) is 14.1. The van der Waals surface area contributed by atoms with Crippen molar-refractivity contribution in [2.75, 3.05) is 25.0 Å². The molecule has 1 saturated heterocycles. The van der Waals surface area contributed by atoms with Crippen LogP contribution in [0.3, 0.4) is 0 Å². The van der Waals surface area contributed by atoms with E-state index in [1.54, 1.807) is 12.1 Å². The van der Waals surface area contributed by atoms with Crippen LogP contribution in [-0.4, -0.2) is 30.6 Å². The van der Waals surface area contributed by atoms with E-state index in [4.69, 9.17) is 16.0 Å². The molecule has 0 bridgehead atoms. The Morgan fingerprint density at radius 3 is 2.69 bits per heavy atom. The number of piperidine rings is 1. The molecule has 2 heterocycles. The first-order valence-electron chi connectivity index (χ1n) is 9.70. The van der Waals surface area contributed by atoms with Crippen molar-refractivity contribution >= 4 is 50.3 Å². The molecule has 2 aromatic carbocycles. The number of fused-ring (bicyclic) bond motifs is 1. The van der Waals surface area contributed by atoms with Crippen LogP contribution in [-0.2, 0) is 0 Å². The molecule has 6 heteroatoms. The minimum Gasteiger partial charge on any atom is -0.423 e. The number of rotatable bonds is 5. The molecular formula is C23H22BrClN2O2. The molecule has 0 amide bonds. The summed E-state index contributed by atoms with van der Waals surface area (Å²) in [5.74, 6) is 0. The first kappa shape index (κ1) is 20.2. The van der Waals surface area contributed by atoms with Gasteiger partial charge < -0.3 is 9.73 Å². The average Bonchev–Trinajstić information content (AvgIpc) is 2.70. The number of likely N-dealkylation sites (tertiary alicyclic amines) is 1. The van der Waals surface area contributed by atoms with Gasteiger partial charge in [-0.3, -0.25) is 4.90 Å². The molecule has 4 rings (SSSR count). The maximum atomic E-state index is 11.9. The molecule has 1 aromatic heterocycles. The van der Waals surface area contributed by atoms with Crippen molar-refractivity contribution in [3.63, 3.8) is 0 Å². The Hall–Kier alpha value is -2.08. The normalized spacial score (nSPS) is 16.3. The number of hydrogen-bond donors (Lipinski definition) is 1. The molecule has 0 aliphatic carbocycles. The van der Waals surface area contributed by atoms with Crippen molar-refractivity contribution in [1.82, 2.24) is 4.90 Å². The van der Waals surface area contributed by atoms with E-state index in [1.165, 1.54) is 16.1 Å². The summed E-state index contributed by atoms with van der Waals surface area (Å²) in [4.78, 5) is 14.3. The maximum absolute atomic E-state index is 11.9.